The first-order valence-corrected chi connectivity index (χ1v) is 15.5. The largest absolute Gasteiger partial charge is 0.762 e. The Balaban J connectivity index is 1.62. The zero-order valence-corrected chi connectivity index (χ0v) is 27.3. The number of nitrogens with zero attached hydrogens (tertiary/aromatic N) is 6. The molecule has 2 atom stereocenters. The Bertz CT molecular complexity index is 2220. The maximum Gasteiger partial charge on any atom is 0.550 e. The van der Waals surface area contributed by atoms with Gasteiger partial charge in [-0.3, -0.25) is 0 Å². The average molecular weight is 658 g/mol. The van der Waals surface area contributed by atoms with Crippen LogP contribution in [0.4, 0.5) is 0 Å². The molecule has 0 saturated heterocycles. The van der Waals surface area contributed by atoms with Gasteiger partial charge in [-0.05, 0) is 55.4 Å². The maximum absolute atomic E-state index is 10.2. The van der Waals surface area contributed by atoms with Crippen LogP contribution < -0.4 is 0 Å². The van der Waals surface area contributed by atoms with Gasteiger partial charge in [-0.15, -0.1) is 0 Å². The molecule has 236 valence electrons. The van der Waals surface area contributed by atoms with Gasteiger partial charge in [0.05, 0.1) is 6.57 Å². The Morgan fingerprint density at radius 2 is 1.53 bits per heavy atom. The van der Waals surface area contributed by atoms with Crippen LogP contribution in [0.15, 0.2) is 146 Å². The molecule has 49 heavy (non-hydrogen) atoms. The molecule has 0 bridgehead atoms. The minimum atomic E-state index is -1.15. The van der Waals surface area contributed by atoms with Crippen LogP contribution in [0.3, 0.4) is 0 Å². The summed E-state index contributed by atoms with van der Waals surface area (Å²) in [5.41, 5.74) is 1.72. The Kier molecular flexibility index (Phi) is 9.67. The van der Waals surface area contributed by atoms with Crippen LogP contribution in [0.5, 0.6) is 0 Å². The number of halogens is 1. The number of hydrogen-bond acceptors (Lipinski definition) is 4. The lowest BCUT2D eigenvalue weighted by Crippen LogP contribution is -2.24. The second kappa shape index (κ2) is 14.0. The fourth-order valence-electron chi connectivity index (χ4n) is 6.13. The third kappa shape index (κ3) is 6.01. The molecule has 8 nitrogen and oxygen atoms in total. The molecule has 0 fully saturated rings. The maximum atomic E-state index is 10.2. The standard InChI is InChI=1S/C40H26ClN6O2/c1-39(29-15-8-6-9-16-29)32(31(25-44)36(48-39)28(23-42)24-43)21-19-26-13-12-14-27(34(26)41)20-22-33-35(45-3)37(38(46-4)47-5)49-40(33,2)30-17-10-7-11-18-30/h6-11,15-22H,12-14H2,1-2H3/q-1/b22-20+,26-19+,32-21-. The molecule has 0 spiro atoms. The normalized spacial score (nSPS) is 23.3. The van der Waals surface area contributed by atoms with Crippen LogP contribution in [-0.2, 0) is 20.7 Å². The molecule has 0 N–H and O–H groups in total. The van der Waals surface area contributed by atoms with E-state index in [9.17, 15) is 15.9 Å². The van der Waals surface area contributed by atoms with Crippen molar-refractivity contribution in [3.05, 3.63) is 197 Å². The summed E-state index contributed by atoms with van der Waals surface area (Å²) < 4.78 is 12.5. The summed E-state index contributed by atoms with van der Waals surface area (Å²) in [5.74, 6) is 1.42. The molecule has 0 saturated carbocycles. The van der Waals surface area contributed by atoms with Crippen molar-refractivity contribution in [3.63, 3.8) is 0 Å². The summed E-state index contributed by atoms with van der Waals surface area (Å²) in [5, 5.41) is 29.9. The van der Waals surface area contributed by atoms with Crippen molar-refractivity contribution < 1.29 is 9.47 Å². The molecule has 1 aliphatic carbocycles. The number of allylic oxidation sites excluding steroid dienone is 7. The summed E-state index contributed by atoms with van der Waals surface area (Å²) in [6, 6.07) is 22.6. The van der Waals surface area contributed by atoms with Crippen molar-refractivity contribution in [1.82, 2.24) is 0 Å². The fourth-order valence-corrected chi connectivity index (χ4v) is 6.44. The van der Waals surface area contributed by atoms with Crippen molar-refractivity contribution in [3.8, 4) is 12.1 Å². The highest BCUT2D eigenvalue weighted by atomic mass is 35.5. The summed E-state index contributed by atoms with van der Waals surface area (Å²) in [7, 11) is 0. The number of rotatable bonds is 6. The Labute approximate surface area is 290 Å². The molecule has 0 radical (unpaired) electrons. The van der Waals surface area contributed by atoms with Gasteiger partial charge in [0.15, 0.2) is 11.4 Å². The van der Waals surface area contributed by atoms with Crippen molar-refractivity contribution in [1.29, 1.82) is 10.5 Å². The van der Waals surface area contributed by atoms with E-state index < -0.39 is 11.2 Å². The van der Waals surface area contributed by atoms with E-state index in [1.165, 1.54) is 0 Å². The van der Waals surface area contributed by atoms with Crippen LogP contribution >= 0.6 is 11.6 Å². The van der Waals surface area contributed by atoms with Gasteiger partial charge < -0.3 is 14.9 Å². The minimum absolute atomic E-state index is 0.0453. The van der Waals surface area contributed by atoms with E-state index in [0.29, 0.717) is 29.0 Å². The van der Waals surface area contributed by atoms with E-state index in [1.54, 1.807) is 19.1 Å². The molecular weight excluding hydrogens is 632 g/mol. The topological polar surface area (TPSA) is 101 Å². The van der Waals surface area contributed by atoms with Gasteiger partial charge in [0.2, 0.25) is 11.5 Å². The van der Waals surface area contributed by atoms with Crippen LogP contribution in [-0.4, -0.2) is 5.87 Å². The van der Waals surface area contributed by atoms with Crippen molar-refractivity contribution in [2.75, 3.05) is 0 Å². The number of nitriles is 2. The van der Waals surface area contributed by atoms with Crippen molar-refractivity contribution >= 4 is 17.5 Å². The van der Waals surface area contributed by atoms with Gasteiger partial charge in [0, 0.05) is 16.2 Å². The average Bonchev–Trinajstić information content (AvgIpc) is 3.59. The van der Waals surface area contributed by atoms with Crippen molar-refractivity contribution in [2.45, 2.75) is 44.3 Å². The number of benzene rings is 2. The summed E-state index contributed by atoms with van der Waals surface area (Å²) in [6.45, 7) is 26.5. The predicted octanol–water partition coefficient (Wildman–Crippen LogP) is 9.61. The molecular formula is C40H26ClN6O2-. The van der Waals surface area contributed by atoms with E-state index in [4.69, 9.17) is 40.8 Å². The first kappa shape index (κ1) is 33.8. The van der Waals surface area contributed by atoms with Crippen molar-refractivity contribution in [2.24, 2.45) is 0 Å². The summed E-state index contributed by atoms with van der Waals surface area (Å²) in [6.07, 6.45) is 9.31. The molecule has 0 aromatic heterocycles. The lowest BCUT2D eigenvalue weighted by Gasteiger charge is -2.28. The quantitative estimate of drug-likeness (QED) is 0.175. The molecule has 2 aromatic rings. The Hall–Kier alpha value is -6.59. The monoisotopic (exact) mass is 657 g/mol. The summed E-state index contributed by atoms with van der Waals surface area (Å²) in [4.78, 5) is 10.3. The van der Waals surface area contributed by atoms with Gasteiger partial charge in [-0.25, -0.2) is 10.7 Å². The van der Waals surface area contributed by atoms with Gasteiger partial charge in [0.25, 0.3) is 0 Å². The Morgan fingerprint density at radius 3 is 2.08 bits per heavy atom. The highest BCUT2D eigenvalue weighted by Gasteiger charge is 2.46. The third-order valence-electron chi connectivity index (χ3n) is 8.70. The fraction of sp³-hybridized carbons (Fsp3) is 0.175. The Morgan fingerprint density at radius 1 is 0.898 bits per heavy atom. The second-order valence-corrected chi connectivity index (χ2v) is 11.8. The highest BCUT2D eigenvalue weighted by molar-refractivity contribution is 6.32. The lowest BCUT2D eigenvalue weighted by atomic mass is 9.84. The molecule has 3 aliphatic rings. The molecule has 0 amide bonds. The molecule has 2 unspecified atom stereocenters. The van der Waals surface area contributed by atoms with Crippen LogP contribution in [0.1, 0.15) is 44.2 Å². The predicted molar refractivity (Wildman–Crippen MR) is 186 cm³/mol. The third-order valence-corrected chi connectivity index (χ3v) is 9.19. The van der Waals surface area contributed by atoms with Gasteiger partial charge >= 0.3 is 5.82 Å². The smallest absolute Gasteiger partial charge is 0.550 e. The molecule has 5 rings (SSSR count). The van der Waals surface area contributed by atoms with Gasteiger partial charge in [-0.2, -0.15) is 20.2 Å². The van der Waals surface area contributed by atoms with E-state index in [-0.39, 0.29) is 34.2 Å². The highest BCUT2D eigenvalue weighted by Crippen LogP contribution is 2.49. The number of hydrogen-bond donors (Lipinski definition) is 0. The number of ether oxygens (including phenoxy) is 2. The van der Waals surface area contributed by atoms with Gasteiger partial charge in [-0.1, -0.05) is 96.6 Å². The molecule has 2 aromatic carbocycles. The molecule has 2 heterocycles. The summed E-state index contributed by atoms with van der Waals surface area (Å²) >= 11 is 7.02. The van der Waals surface area contributed by atoms with Gasteiger partial charge in [0.1, 0.15) is 42.0 Å². The first-order valence-electron chi connectivity index (χ1n) is 15.1. The van der Waals surface area contributed by atoms with E-state index in [1.807, 2.05) is 91.7 Å². The minimum Gasteiger partial charge on any atom is -0.762 e. The van der Waals surface area contributed by atoms with E-state index in [2.05, 4.69) is 20.6 Å². The second-order valence-electron chi connectivity index (χ2n) is 11.5. The molecule has 2 aliphatic heterocycles. The van der Waals surface area contributed by atoms with E-state index in [0.717, 1.165) is 28.7 Å². The molecule has 9 heteroatoms. The lowest BCUT2D eigenvalue weighted by molar-refractivity contribution is 0.0750. The van der Waals surface area contributed by atoms with E-state index >= 15 is 0 Å². The zero-order chi connectivity index (χ0) is 35.2. The van der Waals surface area contributed by atoms with Crippen LogP contribution in [0.25, 0.3) is 19.9 Å². The first-order chi connectivity index (χ1) is 23.7. The SMILES string of the molecule is [C-]#[N+]C([N+]#[C-])=C1OC(C)(c2ccccc2)C(/C=C/C2=C(Cl)C(=C/C=C3/C(C#N)=C(C(=C=[N-])C#N)OC3(C)c3ccccc3)/CCC2)=C1[N+]#[C-]. The van der Waals surface area contributed by atoms with Crippen LogP contribution in [0, 0.1) is 42.4 Å². The zero-order valence-electron chi connectivity index (χ0n) is 26.6. The van der Waals surface area contributed by atoms with Crippen LogP contribution in [0.2, 0.25) is 0 Å².